The number of anilines is 2. The van der Waals surface area contributed by atoms with Crippen LogP contribution in [0.15, 0.2) is 57.7 Å². The van der Waals surface area contributed by atoms with Crippen molar-refractivity contribution in [2.24, 2.45) is 5.16 Å². The quantitative estimate of drug-likeness (QED) is 0.0892. The molecule has 2 aromatic rings. The van der Waals surface area contributed by atoms with Gasteiger partial charge < -0.3 is 25.9 Å². The zero-order valence-corrected chi connectivity index (χ0v) is 27.7. The Morgan fingerprint density at radius 3 is 2.65 bits per heavy atom. The molecule has 15 nitrogen and oxygen atoms in total. The fourth-order valence-electron chi connectivity index (χ4n) is 6.14. The summed E-state index contributed by atoms with van der Waals surface area (Å²) in [6, 6.07) is 4.11. The molecule has 4 N–H and O–H groups in total. The summed E-state index contributed by atoms with van der Waals surface area (Å²) in [6.45, 7) is 0.264. The van der Waals surface area contributed by atoms with Crippen molar-refractivity contribution in [3.05, 3.63) is 68.4 Å². The van der Waals surface area contributed by atoms with E-state index >= 15 is 0 Å². The van der Waals surface area contributed by atoms with Crippen LogP contribution in [-0.4, -0.2) is 104 Å². The van der Waals surface area contributed by atoms with Crippen LogP contribution in [0.2, 0.25) is 0 Å². The topological polar surface area (TPSA) is 211 Å². The number of non-ortho nitro benzene ring substituents is 1. The maximum atomic E-state index is 13.3. The van der Waals surface area contributed by atoms with Crippen molar-refractivity contribution in [3.63, 3.8) is 0 Å². The Balaban J connectivity index is 0.00000417. The summed E-state index contributed by atoms with van der Waals surface area (Å²) in [5.74, 6) is -3.03. The zero-order chi connectivity index (χ0) is 31.8. The monoisotopic (exact) mass is 658 g/mol. The first kappa shape index (κ1) is 33.2. The Hall–Kier alpha value is -4.12. The summed E-state index contributed by atoms with van der Waals surface area (Å²) in [5.41, 5.74) is 6.46. The maximum absolute atomic E-state index is 13.3. The second kappa shape index (κ2) is 13.7. The number of allylic oxidation sites excluding steroid dienone is 2. The number of rotatable bonds is 9. The van der Waals surface area contributed by atoms with Crippen molar-refractivity contribution in [3.8, 4) is 0 Å². The van der Waals surface area contributed by atoms with E-state index in [0.717, 1.165) is 41.9 Å². The molecule has 4 heterocycles. The van der Waals surface area contributed by atoms with Gasteiger partial charge >= 0.3 is 5.97 Å². The number of hydrogen-bond donors (Lipinski definition) is 3. The Morgan fingerprint density at radius 1 is 1.22 bits per heavy atom. The minimum absolute atomic E-state index is 0. The third-order valence-corrected chi connectivity index (χ3v) is 9.04. The molecule has 2 atom stereocenters. The molecule has 46 heavy (non-hydrogen) atoms. The fraction of sp³-hybridized carbons (Fsp3) is 0.379. The van der Waals surface area contributed by atoms with Crippen molar-refractivity contribution < 1.29 is 34.0 Å². The molecule has 1 aliphatic carbocycles. The number of oxime groups is 1. The molecule has 1 aromatic heterocycles. The molecule has 17 heteroatoms. The van der Waals surface area contributed by atoms with Gasteiger partial charge in [0.25, 0.3) is 23.4 Å². The van der Waals surface area contributed by atoms with Crippen LogP contribution >= 0.6 is 11.3 Å². The molecule has 4 aliphatic rings. The molecule has 1 radical (unpaired) electrons. The largest absolute Gasteiger partial charge is 0.477 e. The molecule has 1 saturated carbocycles. The third kappa shape index (κ3) is 6.42. The molecule has 3 amide bonds. The van der Waals surface area contributed by atoms with E-state index in [1.165, 1.54) is 29.2 Å². The van der Waals surface area contributed by atoms with Gasteiger partial charge in [0.2, 0.25) is 0 Å². The van der Waals surface area contributed by atoms with Crippen LogP contribution in [0.1, 0.15) is 50.6 Å². The molecule has 2 saturated heterocycles. The number of nitrogens with one attached hydrogen (secondary N) is 1. The fourth-order valence-corrected chi connectivity index (χ4v) is 6.69. The number of benzene rings is 1. The first-order chi connectivity index (χ1) is 21.6. The molecule has 0 unspecified atom stereocenters. The van der Waals surface area contributed by atoms with Gasteiger partial charge in [-0.3, -0.25) is 29.4 Å². The minimum Gasteiger partial charge on any atom is -0.477 e. The summed E-state index contributed by atoms with van der Waals surface area (Å²) in [5, 5.41) is 29.8. The number of nitro groups is 1. The standard InChI is InChI=1S/C29H29N7O8S.Na/c30-29-31-20(14-45-29)22(33-44-19-6-1-2-7-19)25(37)32-23-21-9-8-15(24(28(40)41)35(21)27(23)39)12-16-10-11-34(26(16)38)17-4-3-5-18(13-17)36(42)43;/h3-5,12-14,19,21,23H,1-2,6-11H2,(H2,30,31)(H,32,37)(H,40,41);/t21-,23+;/m1./s1. The number of fused-ring (bicyclic) bond motifs is 1. The van der Waals surface area contributed by atoms with E-state index in [0.29, 0.717) is 29.7 Å². The van der Waals surface area contributed by atoms with E-state index in [1.54, 1.807) is 11.4 Å². The smallest absolute Gasteiger partial charge is 0.352 e. The van der Waals surface area contributed by atoms with Gasteiger partial charge in [-0.2, -0.15) is 0 Å². The average Bonchev–Trinajstić information content (AvgIpc) is 3.78. The zero-order valence-electron chi connectivity index (χ0n) is 24.9. The van der Waals surface area contributed by atoms with E-state index in [9.17, 15) is 34.4 Å². The Bertz CT molecular complexity index is 1700. The van der Waals surface area contributed by atoms with Crippen molar-refractivity contribution >= 4 is 86.8 Å². The summed E-state index contributed by atoms with van der Waals surface area (Å²) in [7, 11) is 0. The molecule has 235 valence electrons. The number of nitro benzene ring substituents is 1. The van der Waals surface area contributed by atoms with Crippen LogP contribution in [0.4, 0.5) is 16.5 Å². The maximum Gasteiger partial charge on any atom is 0.352 e. The predicted octanol–water partition coefficient (Wildman–Crippen LogP) is 2.11. The number of amides is 3. The normalized spacial score (nSPS) is 22.4. The Morgan fingerprint density at radius 2 is 1.98 bits per heavy atom. The van der Waals surface area contributed by atoms with Gasteiger partial charge in [-0.15, -0.1) is 11.3 Å². The van der Waals surface area contributed by atoms with Gasteiger partial charge in [-0.1, -0.05) is 11.2 Å². The van der Waals surface area contributed by atoms with E-state index < -0.39 is 40.7 Å². The Kier molecular flexibility index (Phi) is 9.91. The number of hydrogen-bond acceptors (Lipinski definition) is 11. The number of nitrogens with two attached hydrogens (primary N) is 1. The number of aromatic nitrogens is 1. The summed E-state index contributed by atoms with van der Waals surface area (Å²) in [4.78, 5) is 75.2. The summed E-state index contributed by atoms with van der Waals surface area (Å²) in [6.07, 6.45) is 5.88. The molecule has 0 bridgehead atoms. The number of thiazole rings is 1. The number of β-lactam (4-membered cyclic amide) rings is 1. The van der Waals surface area contributed by atoms with Crippen LogP contribution in [0.5, 0.6) is 0 Å². The number of nitrogen functional groups attached to an aromatic ring is 1. The third-order valence-electron chi connectivity index (χ3n) is 8.36. The van der Waals surface area contributed by atoms with E-state index in [1.807, 2.05) is 0 Å². The van der Waals surface area contributed by atoms with Crippen LogP contribution in [0.25, 0.3) is 0 Å². The number of carbonyl (C=O) groups is 4. The number of nitrogens with zero attached hydrogens (tertiary/aromatic N) is 5. The summed E-state index contributed by atoms with van der Waals surface area (Å²) >= 11 is 1.13. The van der Waals surface area contributed by atoms with Crippen LogP contribution in [0.3, 0.4) is 0 Å². The number of carbonyl (C=O) groups excluding carboxylic acids is 3. The molecule has 3 aliphatic heterocycles. The van der Waals surface area contributed by atoms with Crippen molar-refractivity contribution in [2.75, 3.05) is 17.2 Å². The summed E-state index contributed by atoms with van der Waals surface area (Å²) < 4.78 is 0. The van der Waals surface area contributed by atoms with Crippen molar-refractivity contribution in [1.82, 2.24) is 15.2 Å². The first-order valence-corrected chi connectivity index (χ1v) is 15.3. The van der Waals surface area contributed by atoms with Gasteiger partial charge in [0.05, 0.1) is 16.7 Å². The van der Waals surface area contributed by atoms with Crippen LogP contribution in [0, 0.1) is 10.1 Å². The molecule has 6 rings (SSSR count). The predicted molar refractivity (Wildman–Crippen MR) is 167 cm³/mol. The average molecular weight is 659 g/mol. The minimum atomic E-state index is -1.34. The number of aliphatic carboxylic acids is 1. The van der Waals surface area contributed by atoms with Gasteiger partial charge in [0.1, 0.15) is 23.5 Å². The molecule has 0 spiro atoms. The Labute approximate surface area is 288 Å². The molecule has 3 fully saturated rings. The molecule has 1 aromatic carbocycles. The van der Waals surface area contributed by atoms with Gasteiger partial charge in [0, 0.05) is 59.2 Å². The van der Waals surface area contributed by atoms with Gasteiger partial charge in [-0.05, 0) is 62.7 Å². The second-order valence-electron chi connectivity index (χ2n) is 11.1. The second-order valence-corrected chi connectivity index (χ2v) is 12.0. The van der Waals surface area contributed by atoms with E-state index in [4.69, 9.17) is 10.6 Å². The van der Waals surface area contributed by atoms with E-state index in [-0.39, 0.29) is 76.5 Å². The van der Waals surface area contributed by atoms with Crippen molar-refractivity contribution in [2.45, 2.75) is 63.1 Å². The number of carboxylic acids is 1. The van der Waals surface area contributed by atoms with Crippen LogP contribution < -0.4 is 16.0 Å². The number of carboxylic acid groups (broad SMARTS) is 1. The SMILES string of the molecule is Nc1nc(C(=NOC2CCCC2)C(=O)N[C@@H]2C(=O)N3C(C(=O)O)=C(C=C4CCN(c5cccc([N+](=O)[O-])c5)C4=O)CC[C@H]23)cs1.[Na]. The van der Waals surface area contributed by atoms with Gasteiger partial charge in [-0.25, -0.2) is 9.78 Å². The molecular formula is C29H29N7NaO8S. The van der Waals surface area contributed by atoms with Crippen molar-refractivity contribution in [1.29, 1.82) is 0 Å². The van der Waals surface area contributed by atoms with Crippen LogP contribution in [-0.2, 0) is 24.0 Å². The van der Waals surface area contributed by atoms with Gasteiger partial charge in [0.15, 0.2) is 10.8 Å². The molecular weight excluding hydrogens is 629 g/mol. The first-order valence-electron chi connectivity index (χ1n) is 14.4. The van der Waals surface area contributed by atoms with E-state index in [2.05, 4.69) is 15.5 Å².